The highest BCUT2D eigenvalue weighted by atomic mass is 35.5. The molecule has 0 unspecified atom stereocenters. The van der Waals surface area contributed by atoms with E-state index < -0.39 is 0 Å². The van der Waals surface area contributed by atoms with Crippen LogP contribution in [0.5, 0.6) is 23.0 Å². The molecule has 0 atom stereocenters. The first kappa shape index (κ1) is 23.5. The number of rotatable bonds is 8. The van der Waals surface area contributed by atoms with Gasteiger partial charge < -0.3 is 18.9 Å². The highest BCUT2D eigenvalue weighted by molar-refractivity contribution is 6.35. The lowest BCUT2D eigenvalue weighted by atomic mass is 10.1. The highest BCUT2D eigenvalue weighted by Gasteiger charge is 2.22. The SMILES string of the molecule is COc1ccc(-c2nn(Cc3ccc(C)cc3)c(-c3ccc(OC)c(OC)c3)c2Cl)cc1OC. The molecule has 0 N–H and O–H groups in total. The van der Waals surface area contributed by atoms with Crippen molar-refractivity contribution >= 4 is 11.6 Å². The van der Waals surface area contributed by atoms with E-state index in [-0.39, 0.29) is 0 Å². The van der Waals surface area contributed by atoms with Crippen molar-refractivity contribution in [3.8, 4) is 45.5 Å². The van der Waals surface area contributed by atoms with E-state index in [4.69, 9.17) is 35.6 Å². The van der Waals surface area contributed by atoms with Crippen LogP contribution in [0.4, 0.5) is 0 Å². The second-order valence-electron chi connectivity index (χ2n) is 7.79. The fraction of sp³-hybridized carbons (Fsp3) is 0.222. The molecule has 0 aliphatic carbocycles. The lowest BCUT2D eigenvalue weighted by molar-refractivity contribution is 0.355. The maximum atomic E-state index is 7.00. The van der Waals surface area contributed by atoms with Crippen molar-refractivity contribution in [2.24, 2.45) is 0 Å². The van der Waals surface area contributed by atoms with Crippen molar-refractivity contribution < 1.29 is 18.9 Å². The molecule has 0 aliphatic heterocycles. The van der Waals surface area contributed by atoms with Crippen LogP contribution in [0.25, 0.3) is 22.5 Å². The zero-order valence-corrected chi connectivity index (χ0v) is 20.6. The second-order valence-corrected chi connectivity index (χ2v) is 8.17. The van der Waals surface area contributed by atoms with Gasteiger partial charge in [-0.05, 0) is 48.9 Å². The predicted molar refractivity (Wildman–Crippen MR) is 135 cm³/mol. The fourth-order valence-corrected chi connectivity index (χ4v) is 4.20. The number of hydrogen-bond donors (Lipinski definition) is 0. The maximum Gasteiger partial charge on any atom is 0.161 e. The van der Waals surface area contributed by atoms with Crippen LogP contribution >= 0.6 is 11.6 Å². The zero-order valence-electron chi connectivity index (χ0n) is 19.9. The molecule has 0 radical (unpaired) electrons. The third-order valence-electron chi connectivity index (χ3n) is 5.66. The Morgan fingerprint density at radius 1 is 0.706 bits per heavy atom. The molecule has 6 nitrogen and oxygen atoms in total. The lowest BCUT2D eigenvalue weighted by Gasteiger charge is -2.12. The molecule has 0 spiro atoms. The lowest BCUT2D eigenvalue weighted by Crippen LogP contribution is -2.04. The molecule has 7 heteroatoms. The van der Waals surface area contributed by atoms with Crippen molar-refractivity contribution in [2.75, 3.05) is 28.4 Å². The Morgan fingerprint density at radius 3 is 1.79 bits per heavy atom. The van der Waals surface area contributed by atoms with E-state index in [1.807, 2.05) is 41.1 Å². The molecule has 0 fully saturated rings. The number of halogens is 1. The van der Waals surface area contributed by atoms with Crippen LogP contribution in [0.1, 0.15) is 11.1 Å². The standard InChI is InChI=1S/C27H27ClN2O4/c1-17-6-8-18(9-7-17)16-30-27(20-11-13-22(32-3)24(15-20)34-5)25(28)26(29-30)19-10-12-21(31-2)23(14-19)33-4/h6-15H,16H2,1-5H3. The molecule has 0 bridgehead atoms. The molecular weight excluding hydrogens is 452 g/mol. The summed E-state index contributed by atoms with van der Waals surface area (Å²) in [5.74, 6) is 2.51. The second kappa shape index (κ2) is 10.1. The van der Waals surface area contributed by atoms with Gasteiger partial charge in [0.25, 0.3) is 0 Å². The normalized spacial score (nSPS) is 10.8. The number of aryl methyl sites for hydroxylation is 1. The van der Waals surface area contributed by atoms with Gasteiger partial charge >= 0.3 is 0 Å². The zero-order chi connectivity index (χ0) is 24.2. The van der Waals surface area contributed by atoms with Gasteiger partial charge in [0, 0.05) is 11.1 Å². The molecule has 0 amide bonds. The summed E-state index contributed by atoms with van der Waals surface area (Å²) in [4.78, 5) is 0. The minimum atomic E-state index is 0.534. The molecule has 34 heavy (non-hydrogen) atoms. The van der Waals surface area contributed by atoms with Crippen LogP contribution in [0.2, 0.25) is 5.02 Å². The molecule has 1 aromatic heterocycles. The molecule has 0 saturated heterocycles. The van der Waals surface area contributed by atoms with Crippen molar-refractivity contribution in [3.63, 3.8) is 0 Å². The van der Waals surface area contributed by atoms with Gasteiger partial charge in [-0.25, -0.2) is 0 Å². The van der Waals surface area contributed by atoms with Crippen LogP contribution in [-0.2, 0) is 6.54 Å². The minimum Gasteiger partial charge on any atom is -0.493 e. The summed E-state index contributed by atoms with van der Waals surface area (Å²) in [6, 6.07) is 19.7. The van der Waals surface area contributed by atoms with Gasteiger partial charge in [0.2, 0.25) is 0 Å². The van der Waals surface area contributed by atoms with Gasteiger partial charge in [0.1, 0.15) is 5.69 Å². The van der Waals surface area contributed by atoms with E-state index in [0.29, 0.717) is 40.3 Å². The third kappa shape index (κ3) is 4.54. The number of ether oxygens (including phenoxy) is 4. The van der Waals surface area contributed by atoms with Crippen LogP contribution < -0.4 is 18.9 Å². The Kier molecular flexibility index (Phi) is 6.98. The topological polar surface area (TPSA) is 54.7 Å². The van der Waals surface area contributed by atoms with Gasteiger partial charge in [0.15, 0.2) is 23.0 Å². The van der Waals surface area contributed by atoms with Crippen LogP contribution in [0.3, 0.4) is 0 Å². The Morgan fingerprint density at radius 2 is 1.24 bits per heavy atom. The molecule has 4 aromatic rings. The summed E-state index contributed by atoms with van der Waals surface area (Å²) in [6.45, 7) is 2.62. The summed E-state index contributed by atoms with van der Waals surface area (Å²) in [5.41, 5.74) is 5.45. The first-order chi connectivity index (χ1) is 16.5. The van der Waals surface area contributed by atoms with E-state index >= 15 is 0 Å². The van der Waals surface area contributed by atoms with Gasteiger partial charge in [-0.2, -0.15) is 5.10 Å². The Labute approximate surface area is 204 Å². The summed E-state index contributed by atoms with van der Waals surface area (Å²) < 4.78 is 23.7. The van der Waals surface area contributed by atoms with Crippen LogP contribution in [0.15, 0.2) is 60.7 Å². The molecule has 0 saturated carbocycles. The summed E-state index contributed by atoms with van der Waals surface area (Å²) in [6.07, 6.45) is 0. The molecule has 1 heterocycles. The number of benzene rings is 3. The summed E-state index contributed by atoms with van der Waals surface area (Å²) in [7, 11) is 6.44. The van der Waals surface area contributed by atoms with E-state index in [2.05, 4.69) is 31.2 Å². The van der Waals surface area contributed by atoms with E-state index in [9.17, 15) is 0 Å². The average molecular weight is 479 g/mol. The quantitative estimate of drug-likeness (QED) is 0.299. The summed E-state index contributed by atoms with van der Waals surface area (Å²) >= 11 is 7.00. The highest BCUT2D eigenvalue weighted by Crippen LogP contribution is 2.41. The van der Waals surface area contributed by atoms with Gasteiger partial charge in [0.05, 0.1) is 45.7 Å². The number of methoxy groups -OCH3 is 4. The van der Waals surface area contributed by atoms with Crippen molar-refractivity contribution in [3.05, 3.63) is 76.8 Å². The fourth-order valence-electron chi connectivity index (χ4n) is 3.85. The third-order valence-corrected chi connectivity index (χ3v) is 6.02. The monoisotopic (exact) mass is 478 g/mol. The van der Waals surface area contributed by atoms with Gasteiger partial charge in [-0.3, -0.25) is 4.68 Å². The average Bonchev–Trinajstić information content (AvgIpc) is 3.19. The van der Waals surface area contributed by atoms with Gasteiger partial charge in [-0.1, -0.05) is 41.4 Å². The smallest absolute Gasteiger partial charge is 0.161 e. The Hall–Kier alpha value is -3.64. The van der Waals surface area contributed by atoms with E-state index in [1.54, 1.807) is 28.4 Å². The van der Waals surface area contributed by atoms with E-state index in [0.717, 1.165) is 22.4 Å². The molecule has 4 rings (SSSR count). The molecule has 0 aliphatic rings. The first-order valence-corrected chi connectivity index (χ1v) is 11.1. The number of aromatic nitrogens is 2. The van der Waals surface area contributed by atoms with Gasteiger partial charge in [-0.15, -0.1) is 0 Å². The first-order valence-electron chi connectivity index (χ1n) is 10.8. The predicted octanol–water partition coefficient (Wildman–Crippen LogP) is 6.26. The largest absolute Gasteiger partial charge is 0.493 e. The van der Waals surface area contributed by atoms with Crippen molar-refractivity contribution in [1.29, 1.82) is 0 Å². The molecular formula is C27H27ClN2O4. The maximum absolute atomic E-state index is 7.00. The molecule has 3 aromatic carbocycles. The van der Waals surface area contributed by atoms with Crippen LogP contribution in [0, 0.1) is 6.92 Å². The van der Waals surface area contributed by atoms with Crippen molar-refractivity contribution in [2.45, 2.75) is 13.5 Å². The van der Waals surface area contributed by atoms with Crippen molar-refractivity contribution in [1.82, 2.24) is 9.78 Å². The van der Waals surface area contributed by atoms with E-state index in [1.165, 1.54) is 5.56 Å². The molecule has 176 valence electrons. The van der Waals surface area contributed by atoms with Crippen LogP contribution in [-0.4, -0.2) is 38.2 Å². The number of hydrogen-bond acceptors (Lipinski definition) is 5. The minimum absolute atomic E-state index is 0.534. The Bertz CT molecular complexity index is 1300. The summed E-state index contributed by atoms with van der Waals surface area (Å²) in [5, 5.41) is 5.45. The Balaban J connectivity index is 1.88. The number of nitrogens with zero attached hydrogens (tertiary/aromatic N) is 2.